The van der Waals surface area contributed by atoms with E-state index in [1.165, 1.54) is 48.7 Å². The lowest BCUT2D eigenvalue weighted by molar-refractivity contribution is -0.125. The van der Waals surface area contributed by atoms with Gasteiger partial charge in [0.25, 0.3) is 5.91 Å². The summed E-state index contributed by atoms with van der Waals surface area (Å²) in [6.45, 7) is 6.79. The number of sulfonamides is 1. The third kappa shape index (κ3) is 9.45. The van der Waals surface area contributed by atoms with E-state index in [0.29, 0.717) is 31.7 Å². The number of piperidine rings is 1. The van der Waals surface area contributed by atoms with Gasteiger partial charge in [-0.25, -0.2) is 8.42 Å². The van der Waals surface area contributed by atoms with Crippen LogP contribution in [0.1, 0.15) is 89.2 Å². The van der Waals surface area contributed by atoms with Crippen LogP contribution < -0.4 is 10.2 Å². The summed E-state index contributed by atoms with van der Waals surface area (Å²) in [6.07, 6.45) is 11.4. The van der Waals surface area contributed by atoms with Crippen LogP contribution >= 0.6 is 0 Å². The van der Waals surface area contributed by atoms with Crippen LogP contribution in [0.5, 0.6) is 0 Å². The molecule has 10 nitrogen and oxygen atoms in total. The maximum atomic E-state index is 13.1. The molecule has 2 aliphatic heterocycles. The number of nitrogens with zero attached hydrogens (tertiary/aromatic N) is 3. The molecule has 1 aromatic carbocycles. The molecule has 1 spiro atoms. The molecule has 234 valence electrons. The van der Waals surface area contributed by atoms with Crippen molar-refractivity contribution in [1.29, 1.82) is 0 Å². The summed E-state index contributed by atoms with van der Waals surface area (Å²) in [7, 11) is -3.69. The van der Waals surface area contributed by atoms with E-state index in [1.54, 1.807) is 23.1 Å². The van der Waals surface area contributed by atoms with Crippen LogP contribution in [0.2, 0.25) is 0 Å². The monoisotopic (exact) mass is 604 g/mol. The first kappa shape index (κ1) is 33.9. The van der Waals surface area contributed by atoms with Crippen molar-refractivity contribution in [2.75, 3.05) is 44.4 Å². The van der Waals surface area contributed by atoms with Crippen molar-refractivity contribution in [1.82, 2.24) is 9.62 Å². The highest BCUT2D eigenvalue weighted by Crippen LogP contribution is 2.32. The molecule has 1 aromatic rings. The van der Waals surface area contributed by atoms with Gasteiger partial charge in [-0.3, -0.25) is 14.6 Å². The zero-order valence-corrected chi connectivity index (χ0v) is 26.3. The Morgan fingerprint density at radius 3 is 2.48 bits per heavy atom. The lowest BCUT2D eigenvalue weighted by atomic mass is 9.89. The molecule has 1 saturated heterocycles. The van der Waals surface area contributed by atoms with E-state index >= 15 is 0 Å². The van der Waals surface area contributed by atoms with E-state index in [2.05, 4.69) is 12.2 Å². The SMILES string of the molecule is CCCCCCCCCC1=NC2(CCN(S(=O)(=O)C=Cc3ccc(N(CCOCCO)C(C)=O)cc3C)CC2)C(=O)N1. The largest absolute Gasteiger partial charge is 0.394 e. The molecular formula is C31H48N4O6S. The van der Waals surface area contributed by atoms with Gasteiger partial charge in [0.05, 0.1) is 19.8 Å². The second-order valence-electron chi connectivity index (χ2n) is 11.2. The molecule has 0 aliphatic carbocycles. The van der Waals surface area contributed by atoms with Gasteiger partial charge in [-0.2, -0.15) is 4.31 Å². The van der Waals surface area contributed by atoms with Crippen LogP contribution in [-0.4, -0.2) is 80.5 Å². The Labute approximate surface area is 251 Å². The fraction of sp³-hybridized carbons (Fsp3) is 0.645. The van der Waals surface area contributed by atoms with Crippen molar-refractivity contribution in [3.63, 3.8) is 0 Å². The number of hydrogen-bond acceptors (Lipinski definition) is 7. The van der Waals surface area contributed by atoms with Crippen molar-refractivity contribution >= 4 is 39.4 Å². The summed E-state index contributed by atoms with van der Waals surface area (Å²) < 4.78 is 33.0. The molecule has 0 aromatic heterocycles. The molecule has 11 heteroatoms. The van der Waals surface area contributed by atoms with Crippen LogP contribution in [0.15, 0.2) is 28.6 Å². The number of anilines is 1. The number of benzene rings is 1. The van der Waals surface area contributed by atoms with Gasteiger partial charge in [0.15, 0.2) is 0 Å². The molecule has 2 aliphatic rings. The Hall–Kier alpha value is -2.60. The lowest BCUT2D eigenvalue weighted by Crippen LogP contribution is -2.50. The second-order valence-corrected chi connectivity index (χ2v) is 13.0. The molecule has 2 amide bonds. The summed E-state index contributed by atoms with van der Waals surface area (Å²) in [5.74, 6) is 0.494. The Bertz CT molecular complexity index is 1220. The Kier molecular flexibility index (Phi) is 13.2. The zero-order chi connectivity index (χ0) is 30.6. The van der Waals surface area contributed by atoms with Crippen molar-refractivity contribution in [3.8, 4) is 0 Å². The minimum atomic E-state index is -3.69. The van der Waals surface area contributed by atoms with Gasteiger partial charge in [0.1, 0.15) is 11.4 Å². The summed E-state index contributed by atoms with van der Waals surface area (Å²) >= 11 is 0. The van der Waals surface area contributed by atoms with E-state index in [4.69, 9.17) is 14.8 Å². The number of aliphatic hydroxyl groups excluding tert-OH is 1. The van der Waals surface area contributed by atoms with E-state index < -0.39 is 15.6 Å². The van der Waals surface area contributed by atoms with E-state index in [-0.39, 0.29) is 38.1 Å². The number of ether oxygens (including phenoxy) is 1. The van der Waals surface area contributed by atoms with Gasteiger partial charge in [-0.05, 0) is 55.5 Å². The van der Waals surface area contributed by atoms with Crippen molar-refractivity contribution in [2.45, 2.75) is 90.5 Å². The number of aliphatic imine (C=N–C) groups is 1. The van der Waals surface area contributed by atoms with Gasteiger partial charge in [0.2, 0.25) is 15.9 Å². The molecule has 1 fully saturated rings. The van der Waals surface area contributed by atoms with E-state index in [9.17, 15) is 18.0 Å². The summed E-state index contributed by atoms with van der Waals surface area (Å²) in [4.78, 5) is 31.3. The molecule has 42 heavy (non-hydrogen) atoms. The van der Waals surface area contributed by atoms with Crippen molar-refractivity contribution < 1.29 is 27.9 Å². The first-order valence-electron chi connectivity index (χ1n) is 15.3. The van der Waals surface area contributed by atoms with Crippen LogP contribution in [0.3, 0.4) is 0 Å². The predicted molar refractivity (Wildman–Crippen MR) is 167 cm³/mol. The number of rotatable bonds is 17. The highest BCUT2D eigenvalue weighted by Gasteiger charge is 2.46. The van der Waals surface area contributed by atoms with Gasteiger partial charge in [-0.1, -0.05) is 51.5 Å². The van der Waals surface area contributed by atoms with Crippen LogP contribution in [0.4, 0.5) is 5.69 Å². The molecule has 3 rings (SSSR count). The molecular weight excluding hydrogens is 556 g/mol. The highest BCUT2D eigenvalue weighted by molar-refractivity contribution is 7.92. The van der Waals surface area contributed by atoms with Crippen LogP contribution in [-0.2, 0) is 24.3 Å². The van der Waals surface area contributed by atoms with Gasteiger partial charge < -0.3 is 20.1 Å². The minimum Gasteiger partial charge on any atom is -0.394 e. The van der Waals surface area contributed by atoms with E-state index in [1.807, 2.05) is 13.0 Å². The maximum absolute atomic E-state index is 13.1. The minimum absolute atomic E-state index is 0.0784. The van der Waals surface area contributed by atoms with Gasteiger partial charge in [0, 0.05) is 44.1 Å². The molecule has 0 atom stereocenters. The fourth-order valence-electron chi connectivity index (χ4n) is 5.45. The third-order valence-corrected chi connectivity index (χ3v) is 9.58. The average molecular weight is 605 g/mol. The number of amidine groups is 1. The Morgan fingerprint density at radius 1 is 1.14 bits per heavy atom. The number of hydrogen-bond donors (Lipinski definition) is 2. The standard InChI is InChI=1S/C31H48N4O6S/c1-4-5-6-7-8-9-10-11-29-32-30(38)31(33-29)15-17-34(18-16-31)42(39,40)23-14-27-12-13-28(24-25(27)2)35(26(3)37)19-21-41-22-20-36/h12-14,23-24,36H,4-11,15-22H2,1-3H3,(H,32,33,38). The summed E-state index contributed by atoms with van der Waals surface area (Å²) in [6, 6.07) is 5.40. The molecule has 0 unspecified atom stereocenters. The molecule has 2 N–H and O–H groups in total. The maximum Gasteiger partial charge on any atom is 0.253 e. The van der Waals surface area contributed by atoms with Gasteiger partial charge >= 0.3 is 0 Å². The number of nitrogens with one attached hydrogen (secondary N) is 1. The molecule has 0 saturated carbocycles. The highest BCUT2D eigenvalue weighted by atomic mass is 32.2. The molecule has 2 heterocycles. The summed E-state index contributed by atoms with van der Waals surface area (Å²) in [5, 5.41) is 13.0. The predicted octanol–water partition coefficient (Wildman–Crippen LogP) is 4.16. The van der Waals surface area contributed by atoms with Crippen molar-refractivity contribution in [2.24, 2.45) is 4.99 Å². The lowest BCUT2D eigenvalue weighted by Gasteiger charge is -2.34. The Morgan fingerprint density at radius 2 is 1.83 bits per heavy atom. The van der Waals surface area contributed by atoms with Gasteiger partial charge in [-0.15, -0.1) is 0 Å². The first-order chi connectivity index (χ1) is 20.1. The van der Waals surface area contributed by atoms with E-state index in [0.717, 1.165) is 36.2 Å². The average Bonchev–Trinajstić information content (AvgIpc) is 3.25. The van der Waals surface area contributed by atoms with Crippen LogP contribution in [0.25, 0.3) is 6.08 Å². The first-order valence-corrected chi connectivity index (χ1v) is 16.8. The smallest absolute Gasteiger partial charge is 0.253 e. The normalized spacial score (nSPS) is 17.1. The third-order valence-electron chi connectivity index (χ3n) is 8.02. The van der Waals surface area contributed by atoms with Crippen molar-refractivity contribution in [3.05, 3.63) is 34.7 Å². The zero-order valence-electron chi connectivity index (χ0n) is 25.4. The number of carbonyl (C=O) groups excluding carboxylic acids is 2. The molecule has 0 bridgehead atoms. The number of aliphatic hydroxyl groups is 1. The number of carbonyl (C=O) groups is 2. The topological polar surface area (TPSA) is 129 Å². The second kappa shape index (κ2) is 16.3. The van der Waals surface area contributed by atoms with Crippen LogP contribution in [0, 0.1) is 6.92 Å². The fourth-order valence-corrected chi connectivity index (χ4v) is 6.64. The molecule has 0 radical (unpaired) electrons. The Balaban J connectivity index is 1.55. The summed E-state index contributed by atoms with van der Waals surface area (Å²) in [5.41, 5.74) is 1.38. The quantitative estimate of drug-likeness (QED) is 0.257. The number of aryl methyl sites for hydroxylation is 1. The number of amides is 2. The number of unbranched alkanes of at least 4 members (excludes halogenated alkanes) is 6.